The summed E-state index contributed by atoms with van der Waals surface area (Å²) in [5.41, 5.74) is 7.74. The lowest BCUT2D eigenvalue weighted by Crippen LogP contribution is -2.06. The van der Waals surface area contributed by atoms with E-state index < -0.39 is 0 Å². The maximum absolute atomic E-state index is 5.00. The molecule has 2 aromatic heterocycles. The first-order valence-electron chi connectivity index (χ1n) is 9.41. The van der Waals surface area contributed by atoms with E-state index in [4.69, 9.17) is 10.1 Å². The second-order valence-corrected chi connectivity index (χ2v) is 7.81. The minimum absolute atomic E-state index is 0.833. The van der Waals surface area contributed by atoms with Gasteiger partial charge in [0.25, 0.3) is 0 Å². The Morgan fingerprint density at radius 3 is 2.32 bits per heavy atom. The fourth-order valence-electron chi connectivity index (χ4n) is 3.50. The second-order valence-electron chi connectivity index (χ2n) is 6.80. The van der Waals surface area contributed by atoms with E-state index in [-0.39, 0.29) is 0 Å². The number of fused-ring (bicyclic) bond motifs is 1. The Balaban J connectivity index is 1.93. The number of rotatable bonds is 6. The molecular weight excluding hydrogens is 362 g/mol. The van der Waals surface area contributed by atoms with Crippen LogP contribution in [0.2, 0.25) is 0 Å². The van der Waals surface area contributed by atoms with Gasteiger partial charge in [-0.15, -0.1) is 18.3 Å². The van der Waals surface area contributed by atoms with E-state index in [1.807, 2.05) is 22.7 Å². The molecule has 4 rings (SSSR count). The Morgan fingerprint density at radius 2 is 1.64 bits per heavy atom. The third kappa shape index (κ3) is 3.48. The van der Waals surface area contributed by atoms with Crippen molar-refractivity contribution in [2.75, 3.05) is 5.75 Å². The van der Waals surface area contributed by atoms with E-state index in [1.54, 1.807) is 11.8 Å². The third-order valence-electron chi connectivity index (χ3n) is 4.82. The van der Waals surface area contributed by atoms with Gasteiger partial charge < -0.3 is 0 Å². The van der Waals surface area contributed by atoms with E-state index >= 15 is 0 Å². The molecular formula is C24H23N3S. The molecule has 0 saturated heterocycles. The Kier molecular flexibility index (Phi) is 5.31. The van der Waals surface area contributed by atoms with Crippen LogP contribution in [0.15, 0.2) is 78.3 Å². The van der Waals surface area contributed by atoms with Gasteiger partial charge in [0.1, 0.15) is 5.03 Å². The van der Waals surface area contributed by atoms with Gasteiger partial charge in [0.2, 0.25) is 0 Å². The Labute approximate surface area is 170 Å². The van der Waals surface area contributed by atoms with Crippen LogP contribution in [0.4, 0.5) is 0 Å². The molecule has 4 aromatic rings. The van der Waals surface area contributed by atoms with Crippen LogP contribution in [0.3, 0.4) is 0 Å². The van der Waals surface area contributed by atoms with Crippen LogP contribution < -0.4 is 0 Å². The molecule has 0 saturated carbocycles. The van der Waals surface area contributed by atoms with Crippen LogP contribution in [0.5, 0.6) is 0 Å². The van der Waals surface area contributed by atoms with Gasteiger partial charge in [0.05, 0.1) is 5.69 Å². The van der Waals surface area contributed by atoms with E-state index in [9.17, 15) is 0 Å². The zero-order chi connectivity index (χ0) is 19.5. The van der Waals surface area contributed by atoms with Crippen LogP contribution >= 0.6 is 11.8 Å². The van der Waals surface area contributed by atoms with E-state index in [1.165, 1.54) is 11.1 Å². The molecule has 3 nitrogen and oxygen atoms in total. The number of hydrogen-bond acceptors (Lipinski definition) is 3. The minimum Gasteiger partial charge on any atom is -0.233 e. The van der Waals surface area contributed by atoms with Gasteiger partial charge in [-0.1, -0.05) is 66.7 Å². The molecule has 0 amide bonds. The summed E-state index contributed by atoms with van der Waals surface area (Å²) in [5.74, 6) is 0.833. The van der Waals surface area contributed by atoms with Crippen molar-refractivity contribution in [1.29, 1.82) is 0 Å². The smallest absolute Gasteiger partial charge is 0.164 e. The molecule has 0 radical (unpaired) electrons. The molecule has 0 fully saturated rings. The lowest BCUT2D eigenvalue weighted by Gasteiger charge is -2.14. The number of aromatic nitrogens is 3. The third-order valence-corrected chi connectivity index (χ3v) is 5.92. The van der Waals surface area contributed by atoms with Crippen molar-refractivity contribution in [2.24, 2.45) is 0 Å². The maximum Gasteiger partial charge on any atom is 0.164 e. The Morgan fingerprint density at radius 1 is 0.964 bits per heavy atom. The van der Waals surface area contributed by atoms with Crippen molar-refractivity contribution in [2.45, 2.75) is 25.3 Å². The van der Waals surface area contributed by atoms with Crippen molar-refractivity contribution in [3.05, 3.63) is 95.8 Å². The monoisotopic (exact) mass is 385 g/mol. The standard InChI is InChI=1S/C24H23N3S/c1-4-15-28-24-21(16-19-11-7-5-8-12-19)17(2)25-23-22(18(3)26-27(23)24)20-13-9-6-10-14-20/h4-14H,1,15-16H2,2-3H3. The average Bonchev–Trinajstić information content (AvgIpc) is 3.04. The fourth-order valence-corrected chi connectivity index (χ4v) is 4.42. The molecule has 0 atom stereocenters. The summed E-state index contributed by atoms with van der Waals surface area (Å²) < 4.78 is 2.02. The predicted octanol–water partition coefficient (Wildman–Crippen LogP) is 5.88. The van der Waals surface area contributed by atoms with Crippen LogP contribution in [0, 0.1) is 13.8 Å². The number of hydrogen-bond donors (Lipinski definition) is 0. The van der Waals surface area contributed by atoms with Gasteiger partial charge >= 0.3 is 0 Å². The fraction of sp³-hybridized carbons (Fsp3) is 0.167. The SMILES string of the molecule is C=CCSc1c(Cc2ccccc2)c(C)nc2c(-c3ccccc3)c(C)nn12. The summed E-state index contributed by atoms with van der Waals surface area (Å²) in [6.07, 6.45) is 2.78. The highest BCUT2D eigenvalue weighted by atomic mass is 32.2. The summed E-state index contributed by atoms with van der Waals surface area (Å²) in [7, 11) is 0. The summed E-state index contributed by atoms with van der Waals surface area (Å²) >= 11 is 1.77. The van der Waals surface area contributed by atoms with Crippen molar-refractivity contribution < 1.29 is 0 Å². The highest BCUT2D eigenvalue weighted by Gasteiger charge is 2.20. The average molecular weight is 386 g/mol. The van der Waals surface area contributed by atoms with E-state index in [0.717, 1.165) is 45.4 Å². The molecule has 0 aliphatic heterocycles. The predicted molar refractivity (Wildman–Crippen MR) is 118 cm³/mol. The zero-order valence-corrected chi connectivity index (χ0v) is 17.0. The van der Waals surface area contributed by atoms with Crippen molar-refractivity contribution >= 4 is 17.4 Å². The van der Waals surface area contributed by atoms with Crippen LogP contribution in [-0.2, 0) is 6.42 Å². The first-order chi connectivity index (χ1) is 13.7. The summed E-state index contributed by atoms with van der Waals surface area (Å²) in [5, 5.41) is 6.03. The van der Waals surface area contributed by atoms with Gasteiger partial charge in [-0.05, 0) is 25.0 Å². The number of nitrogens with zero attached hydrogens (tertiary/aromatic N) is 3. The quantitative estimate of drug-likeness (QED) is 0.236. The number of benzene rings is 2. The van der Waals surface area contributed by atoms with E-state index in [2.05, 4.69) is 69.0 Å². The maximum atomic E-state index is 5.00. The van der Waals surface area contributed by atoms with Crippen LogP contribution in [-0.4, -0.2) is 20.4 Å². The van der Waals surface area contributed by atoms with Gasteiger partial charge in [-0.3, -0.25) is 0 Å². The molecule has 2 aromatic carbocycles. The molecule has 0 unspecified atom stereocenters. The second kappa shape index (κ2) is 8.03. The summed E-state index contributed by atoms with van der Waals surface area (Å²) in [6, 6.07) is 20.9. The summed E-state index contributed by atoms with van der Waals surface area (Å²) in [4.78, 5) is 5.00. The van der Waals surface area contributed by atoms with E-state index in [0.29, 0.717) is 0 Å². The molecule has 28 heavy (non-hydrogen) atoms. The number of aryl methyl sites for hydroxylation is 2. The highest BCUT2D eigenvalue weighted by Crippen LogP contribution is 2.33. The lowest BCUT2D eigenvalue weighted by molar-refractivity contribution is 0.793. The van der Waals surface area contributed by atoms with Crippen LogP contribution in [0.1, 0.15) is 22.5 Å². The molecule has 0 N–H and O–H groups in total. The van der Waals surface area contributed by atoms with Crippen LogP contribution in [0.25, 0.3) is 16.8 Å². The van der Waals surface area contributed by atoms with Gasteiger partial charge in [0, 0.05) is 29.0 Å². The number of thioether (sulfide) groups is 1. The Hall–Kier alpha value is -2.85. The Bertz CT molecular complexity index is 1120. The van der Waals surface area contributed by atoms with Crippen molar-refractivity contribution in [1.82, 2.24) is 14.6 Å². The molecule has 0 aliphatic rings. The normalized spacial score (nSPS) is 11.1. The van der Waals surface area contributed by atoms with Gasteiger partial charge in [-0.25, -0.2) is 9.50 Å². The first kappa shape index (κ1) is 18.5. The molecule has 0 aliphatic carbocycles. The van der Waals surface area contributed by atoms with Crippen molar-refractivity contribution in [3.8, 4) is 11.1 Å². The molecule has 140 valence electrons. The van der Waals surface area contributed by atoms with Crippen molar-refractivity contribution in [3.63, 3.8) is 0 Å². The van der Waals surface area contributed by atoms with Gasteiger partial charge in [0.15, 0.2) is 5.65 Å². The molecule has 0 bridgehead atoms. The zero-order valence-electron chi connectivity index (χ0n) is 16.2. The highest BCUT2D eigenvalue weighted by molar-refractivity contribution is 7.99. The largest absolute Gasteiger partial charge is 0.233 e. The minimum atomic E-state index is 0.833. The first-order valence-corrected chi connectivity index (χ1v) is 10.4. The molecule has 4 heteroatoms. The van der Waals surface area contributed by atoms with Gasteiger partial charge in [-0.2, -0.15) is 5.10 Å². The molecule has 2 heterocycles. The lowest BCUT2D eigenvalue weighted by atomic mass is 10.0. The summed E-state index contributed by atoms with van der Waals surface area (Å²) in [6.45, 7) is 8.06. The topological polar surface area (TPSA) is 30.2 Å². The molecule has 0 spiro atoms.